The van der Waals surface area contributed by atoms with Crippen molar-refractivity contribution < 1.29 is 49.0 Å². The lowest BCUT2D eigenvalue weighted by Crippen LogP contribution is -2.63. The normalized spacial score (nSPS) is 44.6. The average molecular weight is 673 g/mol. The van der Waals surface area contributed by atoms with Crippen LogP contribution in [-0.2, 0) is 28.5 Å². The first-order valence-electron chi connectivity index (χ1n) is 17.1. The lowest BCUT2D eigenvalue weighted by atomic mass is 9.66. The van der Waals surface area contributed by atoms with Crippen molar-refractivity contribution in [2.75, 3.05) is 34.3 Å². The third kappa shape index (κ3) is 9.40. The van der Waals surface area contributed by atoms with Crippen molar-refractivity contribution in [3.8, 4) is 0 Å². The minimum atomic E-state index is -1.86. The highest BCUT2D eigenvalue weighted by Crippen LogP contribution is 2.43. The number of rotatable bonds is 10. The SMILES string of the molecule is C=CCNCC[C@@H]1C(C)(O)C(O)[C@H](C)C[C@@](C)(OC)[C@H](O[C@@H]2O[C@H](C)C[C@H](N(C)C)[C@H]2O)[C@@H](C)C(=O)C(C)C(=O)O[C@H](CC)[C@@]1(C)O. The summed E-state index contributed by atoms with van der Waals surface area (Å²) in [6, 6.07) is -0.275. The summed E-state index contributed by atoms with van der Waals surface area (Å²) in [5, 5.41) is 50.5. The number of aliphatic hydroxyl groups is 4. The number of hydrogen-bond donors (Lipinski definition) is 5. The number of Topliss-reactive ketones (excluding diaryl/α,β-unsaturated/α-hetero) is 1. The van der Waals surface area contributed by atoms with E-state index in [1.54, 1.807) is 33.8 Å². The van der Waals surface area contributed by atoms with Crippen molar-refractivity contribution in [3.63, 3.8) is 0 Å². The summed E-state index contributed by atoms with van der Waals surface area (Å²) < 4.78 is 24.6. The summed E-state index contributed by atoms with van der Waals surface area (Å²) >= 11 is 0. The second-order valence-electron chi connectivity index (χ2n) is 14.8. The van der Waals surface area contributed by atoms with Crippen LogP contribution in [0, 0.1) is 23.7 Å². The number of aliphatic hydroxyl groups excluding tert-OH is 2. The maximum atomic E-state index is 14.1. The number of carbonyl (C=O) groups is 2. The number of hydrogen-bond acceptors (Lipinski definition) is 12. The molecule has 2 heterocycles. The van der Waals surface area contributed by atoms with Gasteiger partial charge in [-0.25, -0.2) is 0 Å². The van der Waals surface area contributed by atoms with Crippen LogP contribution in [0.5, 0.6) is 0 Å². The highest BCUT2D eigenvalue weighted by atomic mass is 16.7. The Morgan fingerprint density at radius 1 is 1.09 bits per heavy atom. The van der Waals surface area contributed by atoms with E-state index in [4.69, 9.17) is 18.9 Å². The molecule has 47 heavy (non-hydrogen) atoms. The van der Waals surface area contributed by atoms with E-state index in [9.17, 15) is 30.0 Å². The maximum Gasteiger partial charge on any atom is 0.316 e. The smallest absolute Gasteiger partial charge is 0.316 e. The molecule has 2 fully saturated rings. The van der Waals surface area contributed by atoms with E-state index in [0.717, 1.165) is 0 Å². The van der Waals surface area contributed by atoms with E-state index in [-0.39, 0.29) is 31.4 Å². The van der Waals surface area contributed by atoms with Gasteiger partial charge in [-0.15, -0.1) is 6.58 Å². The zero-order valence-corrected chi connectivity index (χ0v) is 30.6. The summed E-state index contributed by atoms with van der Waals surface area (Å²) in [5.74, 6) is -5.08. The molecule has 2 aliphatic heterocycles. The third-order valence-electron chi connectivity index (χ3n) is 10.8. The van der Waals surface area contributed by atoms with E-state index in [2.05, 4.69) is 11.9 Å². The van der Waals surface area contributed by atoms with Crippen LogP contribution < -0.4 is 5.32 Å². The first kappa shape index (κ1) is 41.7. The van der Waals surface area contributed by atoms with Crippen LogP contribution in [-0.4, -0.2) is 131 Å². The molecule has 2 aliphatic rings. The quantitative estimate of drug-likeness (QED) is 0.0994. The van der Waals surface area contributed by atoms with E-state index >= 15 is 0 Å². The largest absolute Gasteiger partial charge is 0.459 e. The monoisotopic (exact) mass is 672 g/mol. The van der Waals surface area contributed by atoms with Gasteiger partial charge in [-0.1, -0.05) is 26.8 Å². The van der Waals surface area contributed by atoms with Crippen molar-refractivity contribution in [2.45, 2.75) is 141 Å². The Morgan fingerprint density at radius 3 is 2.23 bits per heavy atom. The Morgan fingerprint density at radius 2 is 1.70 bits per heavy atom. The molecule has 0 aromatic heterocycles. The second kappa shape index (κ2) is 17.0. The maximum absolute atomic E-state index is 14.1. The van der Waals surface area contributed by atoms with Gasteiger partial charge in [-0.05, 0) is 86.9 Å². The van der Waals surface area contributed by atoms with Gasteiger partial charge in [-0.3, -0.25) is 9.59 Å². The van der Waals surface area contributed by atoms with Crippen LogP contribution in [0.1, 0.15) is 81.1 Å². The van der Waals surface area contributed by atoms with Crippen LogP contribution in [0.15, 0.2) is 12.7 Å². The van der Waals surface area contributed by atoms with E-state index in [1.165, 1.54) is 27.9 Å². The Kier molecular flexibility index (Phi) is 15.0. The number of cyclic esters (lactones) is 1. The topological polar surface area (TPSA) is 167 Å². The van der Waals surface area contributed by atoms with Crippen LogP contribution in [0.25, 0.3) is 0 Å². The molecule has 0 aromatic carbocycles. The van der Waals surface area contributed by atoms with Gasteiger partial charge in [0.1, 0.15) is 23.7 Å². The van der Waals surface area contributed by atoms with Crippen molar-refractivity contribution in [1.29, 1.82) is 0 Å². The van der Waals surface area contributed by atoms with Crippen molar-refractivity contribution in [1.82, 2.24) is 10.2 Å². The first-order valence-corrected chi connectivity index (χ1v) is 17.1. The van der Waals surface area contributed by atoms with E-state index in [1.807, 2.05) is 25.9 Å². The van der Waals surface area contributed by atoms with Crippen LogP contribution >= 0.6 is 0 Å². The predicted octanol–water partition coefficient (Wildman–Crippen LogP) is 2.05. The summed E-state index contributed by atoms with van der Waals surface area (Å²) in [4.78, 5) is 29.5. The summed E-state index contributed by atoms with van der Waals surface area (Å²) in [6.45, 7) is 17.8. The lowest BCUT2D eigenvalue weighted by molar-refractivity contribution is -0.297. The molecule has 0 aliphatic carbocycles. The van der Waals surface area contributed by atoms with Gasteiger partial charge in [0.15, 0.2) is 12.1 Å². The molecule has 274 valence electrons. The number of esters is 1. The van der Waals surface area contributed by atoms with Gasteiger partial charge in [0.25, 0.3) is 0 Å². The Bertz CT molecular complexity index is 1040. The number of carbonyl (C=O) groups excluding carboxylic acids is 2. The van der Waals surface area contributed by atoms with Crippen molar-refractivity contribution in [2.24, 2.45) is 23.7 Å². The number of likely N-dealkylation sites (N-methyl/N-ethyl adjacent to an activating group) is 1. The fourth-order valence-corrected chi connectivity index (χ4v) is 7.81. The minimum Gasteiger partial charge on any atom is -0.459 e. The number of ether oxygens (including phenoxy) is 4. The molecule has 0 bridgehead atoms. The fraction of sp³-hybridized carbons (Fsp3) is 0.886. The molecule has 0 amide bonds. The Hall–Kier alpha value is -1.48. The zero-order valence-electron chi connectivity index (χ0n) is 30.6. The molecule has 12 heteroatoms. The molecule has 0 saturated carbocycles. The number of ketones is 1. The van der Waals surface area contributed by atoms with Crippen LogP contribution in [0.3, 0.4) is 0 Å². The van der Waals surface area contributed by atoms with Crippen LogP contribution in [0.4, 0.5) is 0 Å². The highest BCUT2D eigenvalue weighted by molar-refractivity contribution is 6.00. The van der Waals surface area contributed by atoms with Crippen LogP contribution in [0.2, 0.25) is 0 Å². The average Bonchev–Trinajstić information content (AvgIpc) is 3.00. The molecule has 0 aromatic rings. The van der Waals surface area contributed by atoms with Gasteiger partial charge in [0, 0.05) is 31.5 Å². The molecule has 0 radical (unpaired) electrons. The molecular weight excluding hydrogens is 608 g/mol. The van der Waals surface area contributed by atoms with Gasteiger partial charge in [0.2, 0.25) is 0 Å². The molecule has 0 spiro atoms. The fourth-order valence-electron chi connectivity index (χ4n) is 7.81. The van der Waals surface area contributed by atoms with Gasteiger partial charge in [0.05, 0.1) is 29.5 Å². The van der Waals surface area contributed by atoms with Gasteiger partial charge < -0.3 is 49.6 Å². The molecule has 14 atom stereocenters. The third-order valence-corrected chi connectivity index (χ3v) is 10.8. The van der Waals surface area contributed by atoms with Crippen molar-refractivity contribution >= 4 is 11.8 Å². The van der Waals surface area contributed by atoms with E-state index < -0.39 is 82.9 Å². The molecule has 5 N–H and O–H groups in total. The summed E-state index contributed by atoms with van der Waals surface area (Å²) in [6.07, 6.45) is -3.14. The van der Waals surface area contributed by atoms with E-state index in [0.29, 0.717) is 19.5 Å². The molecule has 3 unspecified atom stereocenters. The molecular formula is C35H64N2O10. The second-order valence-corrected chi connectivity index (χ2v) is 14.8. The predicted molar refractivity (Wildman–Crippen MR) is 178 cm³/mol. The molecule has 2 saturated heterocycles. The lowest BCUT2D eigenvalue weighted by Gasteiger charge is -2.50. The summed E-state index contributed by atoms with van der Waals surface area (Å²) in [5.41, 5.74) is -4.92. The van der Waals surface area contributed by atoms with Gasteiger partial charge >= 0.3 is 5.97 Å². The molecule has 2 rings (SSSR count). The minimum absolute atomic E-state index is 0.109. The molecule has 12 nitrogen and oxygen atoms in total. The standard InChI is InChI=1S/C35H64N2O10/c1-13-16-36-17-15-25-34(8,42)26(14-2)46-31(41)23(6)27(38)22(5)30(33(7,44-12)19-20(3)29(40)35(25,9)43)47-32-28(39)24(37(10)11)18-21(4)45-32/h13,20-26,28-30,32,36,39-40,42-43H,1,14-19H2,2-12H3/t20-,21-,22+,23?,24+,25+,26-,28-,29?,30-,32+,33-,34+,35?/m1/s1. The highest BCUT2D eigenvalue weighted by Gasteiger charge is 2.56. The number of nitrogens with one attached hydrogen (secondary N) is 1. The zero-order chi connectivity index (χ0) is 36.1. The summed E-state index contributed by atoms with van der Waals surface area (Å²) in [7, 11) is 5.20. The Labute approximate surface area is 282 Å². The number of nitrogens with zero attached hydrogens (tertiary/aromatic N) is 1. The Balaban J connectivity index is 2.69. The van der Waals surface area contributed by atoms with Gasteiger partial charge in [-0.2, -0.15) is 0 Å². The number of methoxy groups -OCH3 is 1. The first-order chi connectivity index (χ1) is 21.7. The van der Waals surface area contributed by atoms with Crippen molar-refractivity contribution in [3.05, 3.63) is 12.7 Å².